The molecule has 1 fully saturated rings. The van der Waals surface area contributed by atoms with Gasteiger partial charge in [0.15, 0.2) is 10.9 Å². The zero-order valence-corrected chi connectivity index (χ0v) is 22.9. The number of hydrogen-bond acceptors (Lipinski definition) is 6. The van der Waals surface area contributed by atoms with Gasteiger partial charge in [0.25, 0.3) is 5.91 Å². The van der Waals surface area contributed by atoms with Crippen molar-refractivity contribution >= 4 is 75.4 Å². The van der Waals surface area contributed by atoms with E-state index in [9.17, 15) is 9.59 Å². The van der Waals surface area contributed by atoms with Gasteiger partial charge in [-0.3, -0.25) is 9.69 Å². The summed E-state index contributed by atoms with van der Waals surface area (Å²) in [6, 6.07) is 17.4. The standard InChI is InChI=1S/C27H21Cl3N2O4S/c1-3-35-26(34)17-8-10-19(11-9-17)31-27-32(2)25(33)23(37-27)14-16-12-21(29)24(22(30)13-16)36-15-18-6-4-5-7-20(18)28/h4-14H,3,15H2,1-2H3. The highest BCUT2D eigenvalue weighted by Crippen LogP contribution is 2.38. The fraction of sp³-hybridized carbons (Fsp3) is 0.148. The number of carbonyl (C=O) groups is 2. The van der Waals surface area contributed by atoms with Gasteiger partial charge in [-0.2, -0.15) is 0 Å². The predicted octanol–water partition coefficient (Wildman–Crippen LogP) is 7.64. The monoisotopic (exact) mass is 574 g/mol. The van der Waals surface area contributed by atoms with Crippen LogP contribution in [-0.2, 0) is 16.1 Å². The average molecular weight is 576 g/mol. The minimum atomic E-state index is -0.396. The van der Waals surface area contributed by atoms with Crippen LogP contribution in [0.2, 0.25) is 15.1 Å². The van der Waals surface area contributed by atoms with Crippen LogP contribution in [0.3, 0.4) is 0 Å². The number of benzene rings is 3. The number of hydrogen-bond donors (Lipinski definition) is 0. The third-order valence-electron chi connectivity index (χ3n) is 5.25. The van der Waals surface area contributed by atoms with Crippen LogP contribution in [0.1, 0.15) is 28.4 Å². The summed E-state index contributed by atoms with van der Waals surface area (Å²) in [4.78, 5) is 31.2. The number of carbonyl (C=O) groups excluding carboxylic acids is 2. The molecular weight excluding hydrogens is 555 g/mol. The van der Waals surface area contributed by atoms with Crippen LogP contribution < -0.4 is 4.74 Å². The van der Waals surface area contributed by atoms with Crippen molar-refractivity contribution in [2.75, 3.05) is 13.7 Å². The first-order valence-corrected chi connectivity index (χ1v) is 13.1. The minimum absolute atomic E-state index is 0.208. The molecule has 1 aliphatic rings. The van der Waals surface area contributed by atoms with E-state index in [1.54, 1.807) is 62.5 Å². The van der Waals surface area contributed by atoms with Crippen LogP contribution in [0.5, 0.6) is 5.75 Å². The van der Waals surface area contributed by atoms with Crippen LogP contribution in [0.25, 0.3) is 6.08 Å². The Morgan fingerprint density at radius 3 is 2.35 bits per heavy atom. The first-order valence-electron chi connectivity index (χ1n) is 11.2. The fourth-order valence-corrected chi connectivity index (χ4v) is 5.16. The lowest BCUT2D eigenvalue weighted by molar-refractivity contribution is -0.121. The van der Waals surface area contributed by atoms with Crippen LogP contribution in [0, 0.1) is 0 Å². The summed E-state index contributed by atoms with van der Waals surface area (Å²) in [6.45, 7) is 2.26. The number of aliphatic imine (C=N–C) groups is 1. The quantitative estimate of drug-likeness (QED) is 0.214. The lowest BCUT2D eigenvalue weighted by atomic mass is 10.2. The smallest absolute Gasteiger partial charge is 0.338 e. The number of rotatable bonds is 7. The number of thioether (sulfide) groups is 1. The number of amides is 1. The highest BCUT2D eigenvalue weighted by Gasteiger charge is 2.30. The highest BCUT2D eigenvalue weighted by atomic mass is 35.5. The zero-order chi connectivity index (χ0) is 26.5. The van der Waals surface area contributed by atoms with E-state index >= 15 is 0 Å². The van der Waals surface area contributed by atoms with E-state index in [0.717, 1.165) is 5.56 Å². The Morgan fingerprint density at radius 1 is 1.03 bits per heavy atom. The third kappa shape index (κ3) is 6.48. The zero-order valence-electron chi connectivity index (χ0n) is 19.8. The van der Waals surface area contributed by atoms with Crippen molar-refractivity contribution in [3.05, 3.63) is 97.3 Å². The Kier molecular flexibility index (Phi) is 8.82. The van der Waals surface area contributed by atoms with Gasteiger partial charge in [-0.25, -0.2) is 9.79 Å². The minimum Gasteiger partial charge on any atom is -0.486 e. The molecule has 0 radical (unpaired) electrons. The Balaban J connectivity index is 1.50. The van der Waals surface area contributed by atoms with Crippen molar-refractivity contribution in [1.29, 1.82) is 0 Å². The van der Waals surface area contributed by atoms with Crippen LogP contribution in [0.15, 0.2) is 70.6 Å². The lowest BCUT2D eigenvalue weighted by Gasteiger charge is -2.12. The first-order chi connectivity index (χ1) is 17.8. The molecule has 6 nitrogen and oxygen atoms in total. The van der Waals surface area contributed by atoms with Crippen molar-refractivity contribution in [1.82, 2.24) is 4.90 Å². The second-order valence-electron chi connectivity index (χ2n) is 7.83. The van der Waals surface area contributed by atoms with Crippen molar-refractivity contribution in [3.8, 4) is 5.75 Å². The average Bonchev–Trinajstić information content (AvgIpc) is 3.12. The molecule has 1 heterocycles. The van der Waals surface area contributed by atoms with Gasteiger partial charge in [0.05, 0.1) is 32.8 Å². The van der Waals surface area contributed by atoms with Gasteiger partial charge >= 0.3 is 5.97 Å². The molecule has 1 saturated heterocycles. The number of nitrogens with zero attached hydrogens (tertiary/aromatic N) is 2. The van der Waals surface area contributed by atoms with Crippen molar-refractivity contribution in [2.45, 2.75) is 13.5 Å². The van der Waals surface area contributed by atoms with Crippen molar-refractivity contribution < 1.29 is 19.1 Å². The summed E-state index contributed by atoms with van der Waals surface area (Å²) in [5, 5.41) is 1.71. The molecule has 1 aliphatic heterocycles. The topological polar surface area (TPSA) is 68.2 Å². The molecule has 3 aromatic carbocycles. The molecule has 0 aliphatic carbocycles. The number of halogens is 3. The molecule has 37 heavy (non-hydrogen) atoms. The summed E-state index contributed by atoms with van der Waals surface area (Å²) in [7, 11) is 1.65. The summed E-state index contributed by atoms with van der Waals surface area (Å²) >= 11 is 20.3. The number of amidine groups is 1. The van der Waals surface area contributed by atoms with Gasteiger partial charge in [0.2, 0.25) is 0 Å². The summed E-state index contributed by atoms with van der Waals surface area (Å²) < 4.78 is 10.8. The lowest BCUT2D eigenvalue weighted by Crippen LogP contribution is -2.23. The van der Waals surface area contributed by atoms with E-state index < -0.39 is 5.97 Å². The van der Waals surface area contributed by atoms with E-state index in [1.165, 1.54) is 16.7 Å². The number of likely N-dealkylation sites (N-methyl/N-ethyl adjacent to an activating group) is 1. The van der Waals surface area contributed by atoms with Crippen LogP contribution in [0.4, 0.5) is 5.69 Å². The molecule has 4 rings (SSSR count). The number of ether oxygens (including phenoxy) is 2. The molecule has 0 N–H and O–H groups in total. The third-order valence-corrected chi connectivity index (χ3v) is 7.25. The molecule has 190 valence electrons. The number of esters is 1. The van der Waals surface area contributed by atoms with Crippen molar-refractivity contribution in [2.24, 2.45) is 4.99 Å². The second-order valence-corrected chi connectivity index (χ2v) is 10.1. The largest absolute Gasteiger partial charge is 0.486 e. The molecule has 0 spiro atoms. The van der Waals surface area contributed by atoms with Crippen LogP contribution >= 0.6 is 46.6 Å². The Bertz CT molecular complexity index is 1380. The maximum absolute atomic E-state index is 12.8. The molecule has 10 heteroatoms. The Labute approximate surface area is 233 Å². The molecule has 0 saturated carbocycles. The maximum atomic E-state index is 12.8. The van der Waals surface area contributed by atoms with Gasteiger partial charge in [0.1, 0.15) is 6.61 Å². The maximum Gasteiger partial charge on any atom is 0.338 e. The SMILES string of the molecule is CCOC(=O)c1ccc(N=C2SC(=Cc3cc(Cl)c(OCc4ccccc4Cl)c(Cl)c3)C(=O)N2C)cc1. The van der Waals surface area contributed by atoms with Gasteiger partial charge in [0, 0.05) is 17.6 Å². The normalized spacial score (nSPS) is 15.5. The van der Waals surface area contributed by atoms with E-state index in [0.29, 0.717) is 54.3 Å². The van der Waals surface area contributed by atoms with Gasteiger partial charge in [-0.1, -0.05) is 53.0 Å². The Morgan fingerprint density at radius 2 is 1.70 bits per heavy atom. The summed E-state index contributed by atoms with van der Waals surface area (Å²) in [6.07, 6.45) is 1.70. The van der Waals surface area contributed by atoms with Gasteiger partial charge < -0.3 is 9.47 Å². The van der Waals surface area contributed by atoms with Crippen LogP contribution in [-0.4, -0.2) is 35.6 Å². The van der Waals surface area contributed by atoms with E-state index in [1.807, 2.05) is 18.2 Å². The van der Waals surface area contributed by atoms with Gasteiger partial charge in [-0.05, 0) is 72.8 Å². The highest BCUT2D eigenvalue weighted by molar-refractivity contribution is 8.18. The van der Waals surface area contributed by atoms with Gasteiger partial charge in [-0.15, -0.1) is 0 Å². The first kappa shape index (κ1) is 27.1. The summed E-state index contributed by atoms with van der Waals surface area (Å²) in [5.41, 5.74) is 2.48. The fourth-order valence-electron chi connectivity index (χ4n) is 3.37. The second kappa shape index (κ2) is 12.0. The predicted molar refractivity (Wildman–Crippen MR) is 150 cm³/mol. The molecular formula is C27H21Cl3N2O4S. The summed E-state index contributed by atoms with van der Waals surface area (Å²) in [5.74, 6) is -0.272. The van der Waals surface area contributed by atoms with Crippen molar-refractivity contribution in [3.63, 3.8) is 0 Å². The molecule has 0 aromatic heterocycles. The van der Waals surface area contributed by atoms with E-state index in [-0.39, 0.29) is 12.5 Å². The Hall–Kier alpha value is -2.97. The molecule has 0 unspecified atom stereocenters. The van der Waals surface area contributed by atoms with E-state index in [4.69, 9.17) is 44.3 Å². The molecule has 3 aromatic rings. The van der Waals surface area contributed by atoms with E-state index in [2.05, 4.69) is 4.99 Å². The molecule has 0 atom stereocenters. The molecule has 1 amide bonds. The molecule has 0 bridgehead atoms.